The first-order valence-electron chi connectivity index (χ1n) is 13.8. The second-order valence-corrected chi connectivity index (χ2v) is 11.1. The fourth-order valence-electron chi connectivity index (χ4n) is 4.79. The van der Waals surface area contributed by atoms with E-state index < -0.39 is 11.6 Å². The van der Waals surface area contributed by atoms with E-state index in [9.17, 15) is 10.3 Å². The van der Waals surface area contributed by atoms with Crippen molar-refractivity contribution in [2.24, 2.45) is 10.1 Å². The lowest BCUT2D eigenvalue weighted by molar-refractivity contribution is -0.128. The molecular weight excluding hydrogens is 600 g/mol. The second kappa shape index (κ2) is 14.8. The number of carbonyl (C=O) groups excluding carboxylic acids is 1. The minimum atomic E-state index is -1.41. The molecule has 0 spiro atoms. The van der Waals surface area contributed by atoms with Crippen LogP contribution in [0.4, 0.5) is 5.69 Å². The number of rotatable bonds is 14. The van der Waals surface area contributed by atoms with Crippen LogP contribution in [-0.2, 0) is 16.0 Å². The Hall–Kier alpha value is -3.89. The molecule has 0 saturated heterocycles. The molecule has 2 N–H and O–H groups in total. The summed E-state index contributed by atoms with van der Waals surface area (Å²) in [5.41, 5.74) is 10.4. The van der Waals surface area contributed by atoms with Gasteiger partial charge < -0.3 is 24.8 Å². The monoisotopic (exact) mass is 634 g/mol. The number of nitrogens with one attached hydrogen (secondary N) is 1. The van der Waals surface area contributed by atoms with Gasteiger partial charge in [-0.05, 0) is 68.5 Å². The maximum atomic E-state index is 14.3. The third-order valence-electron chi connectivity index (χ3n) is 6.89. The Morgan fingerprint density at radius 1 is 1.14 bits per heavy atom. The number of aliphatic hydroxyl groups excluding tert-OH is 1. The lowest BCUT2D eigenvalue weighted by atomic mass is 9.81. The third kappa shape index (κ3) is 7.49. The van der Waals surface area contributed by atoms with E-state index in [2.05, 4.69) is 36.2 Å². The highest BCUT2D eigenvalue weighted by molar-refractivity contribution is 9.10. The zero-order valence-electron chi connectivity index (χ0n) is 23.7. The molecule has 3 aromatic carbocycles. The van der Waals surface area contributed by atoms with Gasteiger partial charge in [-0.2, -0.15) is 0 Å². The van der Waals surface area contributed by atoms with E-state index in [-0.39, 0.29) is 18.9 Å². The van der Waals surface area contributed by atoms with Gasteiger partial charge in [-0.3, -0.25) is 4.79 Å². The number of aliphatic imine (C=N–C) groups is 1. The van der Waals surface area contributed by atoms with Gasteiger partial charge in [0.05, 0.1) is 6.61 Å². The SMILES string of the molecule is CN(C)CCCNC(=O)[C@]1(Cc2ccccc2N=[N+]=[N-])N=C(c2ccc(OCCCO)cc2)O[C@@H]1c1ccccc1Br. The molecule has 0 radical (unpaired) electrons. The first-order valence-corrected chi connectivity index (χ1v) is 14.6. The van der Waals surface area contributed by atoms with Crippen molar-refractivity contribution in [2.75, 3.05) is 40.4 Å². The van der Waals surface area contributed by atoms with Crippen molar-refractivity contribution in [1.29, 1.82) is 0 Å². The molecule has 0 aromatic heterocycles. The maximum Gasteiger partial charge on any atom is 0.252 e. The summed E-state index contributed by atoms with van der Waals surface area (Å²) in [5.74, 6) is 0.695. The number of azide groups is 1. The summed E-state index contributed by atoms with van der Waals surface area (Å²) in [6.45, 7) is 1.74. The number of ether oxygens (including phenoxy) is 2. The molecule has 0 aliphatic carbocycles. The Bertz CT molecular complexity index is 1440. The average molecular weight is 636 g/mol. The van der Waals surface area contributed by atoms with Crippen molar-refractivity contribution < 1.29 is 19.4 Å². The lowest BCUT2D eigenvalue weighted by Crippen LogP contribution is -2.50. The van der Waals surface area contributed by atoms with Crippen LogP contribution in [0.3, 0.4) is 0 Å². The van der Waals surface area contributed by atoms with Gasteiger partial charge in [0, 0.05) is 52.2 Å². The normalized spacial score (nSPS) is 17.7. The number of hydrogen-bond donors (Lipinski definition) is 2. The van der Waals surface area contributed by atoms with Crippen LogP contribution in [0.15, 0.2) is 87.4 Å². The summed E-state index contributed by atoms with van der Waals surface area (Å²) < 4.78 is 13.0. The highest BCUT2D eigenvalue weighted by Crippen LogP contribution is 2.45. The maximum absolute atomic E-state index is 14.3. The molecule has 0 saturated carbocycles. The highest BCUT2D eigenvalue weighted by Gasteiger charge is 2.54. The van der Waals surface area contributed by atoms with Crippen LogP contribution < -0.4 is 10.1 Å². The van der Waals surface area contributed by atoms with E-state index in [0.717, 1.165) is 23.0 Å². The van der Waals surface area contributed by atoms with Crippen LogP contribution >= 0.6 is 15.9 Å². The molecule has 1 heterocycles. The molecule has 42 heavy (non-hydrogen) atoms. The van der Waals surface area contributed by atoms with E-state index in [1.54, 1.807) is 12.1 Å². The average Bonchev–Trinajstić information content (AvgIpc) is 3.37. The molecule has 1 aliphatic rings. The Morgan fingerprint density at radius 2 is 1.88 bits per heavy atom. The number of aliphatic hydroxyl groups is 1. The third-order valence-corrected chi connectivity index (χ3v) is 7.61. The first-order chi connectivity index (χ1) is 20.4. The van der Waals surface area contributed by atoms with Gasteiger partial charge >= 0.3 is 0 Å². The minimum Gasteiger partial charge on any atom is -0.494 e. The predicted molar refractivity (Wildman–Crippen MR) is 166 cm³/mol. The van der Waals surface area contributed by atoms with Gasteiger partial charge in [0.1, 0.15) is 5.75 Å². The van der Waals surface area contributed by atoms with Crippen molar-refractivity contribution >= 4 is 33.4 Å². The smallest absolute Gasteiger partial charge is 0.252 e. The molecule has 11 heteroatoms. The van der Waals surface area contributed by atoms with Gasteiger partial charge in [-0.1, -0.05) is 63.5 Å². The van der Waals surface area contributed by atoms with Crippen LogP contribution in [0.1, 0.15) is 35.6 Å². The fourth-order valence-corrected chi connectivity index (χ4v) is 5.29. The van der Waals surface area contributed by atoms with Crippen LogP contribution in [0, 0.1) is 0 Å². The number of carbonyl (C=O) groups is 1. The summed E-state index contributed by atoms with van der Waals surface area (Å²) in [7, 11) is 3.98. The molecule has 3 aromatic rings. The van der Waals surface area contributed by atoms with Gasteiger partial charge in [-0.15, -0.1) is 0 Å². The summed E-state index contributed by atoms with van der Waals surface area (Å²) in [6.07, 6.45) is 0.657. The van der Waals surface area contributed by atoms with Crippen molar-refractivity contribution in [1.82, 2.24) is 10.2 Å². The van der Waals surface area contributed by atoms with Crippen molar-refractivity contribution in [3.05, 3.63) is 104 Å². The molecule has 2 atom stereocenters. The second-order valence-electron chi connectivity index (χ2n) is 10.2. The molecule has 10 nitrogen and oxygen atoms in total. The molecule has 1 amide bonds. The van der Waals surface area contributed by atoms with Crippen LogP contribution in [0.2, 0.25) is 0 Å². The Morgan fingerprint density at radius 3 is 2.60 bits per heavy atom. The quantitative estimate of drug-likeness (QED) is 0.101. The standard InChI is InChI=1S/C31H35BrN6O4/c1-38(2)18-7-17-34-30(40)31(21-23-9-3-6-12-27(23)36-37-33)28(25-10-4-5-11-26(25)32)42-29(35-31)22-13-15-24(16-14-22)41-20-8-19-39/h3-6,9-16,28,39H,7-8,17-21H2,1-2H3,(H,34,40)/t28-,31-/m1/s1. The Balaban J connectivity index is 1.80. The summed E-state index contributed by atoms with van der Waals surface area (Å²) in [5, 5.41) is 16.0. The van der Waals surface area contributed by atoms with Crippen molar-refractivity contribution in [2.45, 2.75) is 30.9 Å². The van der Waals surface area contributed by atoms with Crippen molar-refractivity contribution in [3.8, 4) is 5.75 Å². The van der Waals surface area contributed by atoms with E-state index in [1.165, 1.54) is 0 Å². The molecule has 0 unspecified atom stereocenters. The number of halogens is 1. The first kappa shape index (κ1) is 31.1. The number of amides is 1. The predicted octanol–water partition coefficient (Wildman–Crippen LogP) is 5.72. The Labute approximate surface area is 254 Å². The number of nitrogens with zero attached hydrogens (tertiary/aromatic N) is 5. The van der Waals surface area contributed by atoms with Gasteiger partial charge in [-0.25, -0.2) is 4.99 Å². The van der Waals surface area contributed by atoms with Crippen LogP contribution in [-0.4, -0.2) is 67.7 Å². The topological polar surface area (TPSA) is 132 Å². The summed E-state index contributed by atoms with van der Waals surface area (Å²) >= 11 is 3.66. The highest BCUT2D eigenvalue weighted by atomic mass is 79.9. The lowest BCUT2D eigenvalue weighted by Gasteiger charge is -2.31. The molecule has 1 aliphatic heterocycles. The van der Waals surface area contributed by atoms with E-state index in [0.29, 0.717) is 48.0 Å². The molecule has 4 rings (SSSR count). The number of hydrogen-bond acceptors (Lipinski definition) is 7. The van der Waals surface area contributed by atoms with Gasteiger partial charge in [0.15, 0.2) is 11.6 Å². The zero-order valence-corrected chi connectivity index (χ0v) is 25.3. The Kier molecular flexibility index (Phi) is 11.0. The molecular formula is C31H35BrN6O4. The van der Waals surface area contributed by atoms with Gasteiger partial charge in [0.25, 0.3) is 5.91 Å². The zero-order chi connectivity index (χ0) is 30.0. The molecule has 0 fully saturated rings. The summed E-state index contributed by atoms with van der Waals surface area (Å²) in [6, 6.07) is 22.1. The van der Waals surface area contributed by atoms with E-state index in [1.807, 2.05) is 74.8 Å². The van der Waals surface area contributed by atoms with Crippen LogP contribution in [0.25, 0.3) is 10.4 Å². The molecule has 220 valence electrons. The minimum absolute atomic E-state index is 0.0568. The van der Waals surface area contributed by atoms with E-state index in [4.69, 9.17) is 19.6 Å². The van der Waals surface area contributed by atoms with Gasteiger partial charge in [0.2, 0.25) is 5.90 Å². The summed E-state index contributed by atoms with van der Waals surface area (Å²) in [4.78, 5) is 24.4. The largest absolute Gasteiger partial charge is 0.494 e. The van der Waals surface area contributed by atoms with Crippen molar-refractivity contribution in [3.63, 3.8) is 0 Å². The number of benzene rings is 3. The van der Waals surface area contributed by atoms with E-state index >= 15 is 0 Å². The fraction of sp³-hybridized carbons (Fsp3) is 0.355. The molecule has 0 bridgehead atoms. The van der Waals surface area contributed by atoms with Crippen LogP contribution in [0.5, 0.6) is 5.75 Å².